The molecule has 26 heavy (non-hydrogen) atoms. The van der Waals surface area contributed by atoms with Crippen LogP contribution < -0.4 is 10.4 Å². The smallest absolute Gasteiger partial charge is 0.224 e. The molecule has 1 amide bonds. The number of benzene rings is 1. The Bertz CT molecular complexity index is 703. The number of rotatable bonds is 6. The summed E-state index contributed by atoms with van der Waals surface area (Å²) < 4.78 is 0. The van der Waals surface area contributed by atoms with Gasteiger partial charge in [0.2, 0.25) is 5.91 Å². The van der Waals surface area contributed by atoms with Crippen molar-refractivity contribution in [2.24, 2.45) is 17.8 Å². The van der Waals surface area contributed by atoms with Crippen LogP contribution in [0.3, 0.4) is 0 Å². The molecule has 0 spiro atoms. The minimum Gasteiger partial charge on any atom is -0.550 e. The van der Waals surface area contributed by atoms with Crippen molar-refractivity contribution in [2.45, 2.75) is 46.5 Å². The number of amides is 1. The third-order valence-corrected chi connectivity index (χ3v) is 4.94. The van der Waals surface area contributed by atoms with Crippen molar-refractivity contribution in [3.8, 4) is 0 Å². The van der Waals surface area contributed by atoms with Crippen LogP contribution in [0.2, 0.25) is 0 Å². The molecule has 1 aliphatic rings. The first-order valence-corrected chi connectivity index (χ1v) is 9.13. The lowest BCUT2D eigenvalue weighted by Crippen LogP contribution is -2.30. The van der Waals surface area contributed by atoms with Crippen LogP contribution in [0, 0.1) is 17.8 Å². The summed E-state index contributed by atoms with van der Waals surface area (Å²) in [5, 5.41) is 13.0. The molecule has 2 atom stereocenters. The molecule has 1 N–H and O–H groups in total. The van der Waals surface area contributed by atoms with E-state index < -0.39 is 5.97 Å². The van der Waals surface area contributed by atoms with Crippen LogP contribution in [0.4, 0.5) is 5.69 Å². The number of carboxylic acids is 1. The van der Waals surface area contributed by atoms with Gasteiger partial charge in [0.15, 0.2) is 5.78 Å². The van der Waals surface area contributed by atoms with E-state index in [1.54, 1.807) is 12.1 Å². The van der Waals surface area contributed by atoms with Crippen LogP contribution in [-0.4, -0.2) is 17.7 Å². The van der Waals surface area contributed by atoms with Gasteiger partial charge in [0.1, 0.15) is 0 Å². The molecule has 1 saturated carbocycles. The quantitative estimate of drug-likeness (QED) is 0.794. The van der Waals surface area contributed by atoms with E-state index in [-0.39, 0.29) is 36.4 Å². The normalized spacial score (nSPS) is 21.8. The fourth-order valence-corrected chi connectivity index (χ4v) is 3.30. The Labute approximate surface area is 154 Å². The van der Waals surface area contributed by atoms with E-state index in [9.17, 15) is 19.5 Å². The van der Waals surface area contributed by atoms with E-state index in [1.807, 2.05) is 18.2 Å². The van der Waals surface area contributed by atoms with Gasteiger partial charge in [0.05, 0.1) is 0 Å². The molecular formula is C21H26NO4-. The van der Waals surface area contributed by atoms with Crippen LogP contribution >= 0.6 is 0 Å². The second-order valence-electron chi connectivity index (χ2n) is 7.34. The Morgan fingerprint density at radius 2 is 1.85 bits per heavy atom. The Morgan fingerprint density at radius 3 is 2.42 bits per heavy atom. The lowest BCUT2D eigenvalue weighted by Gasteiger charge is -2.30. The number of carboxylic acid groups (broad SMARTS) is 1. The van der Waals surface area contributed by atoms with Crippen LogP contribution in [-0.2, 0) is 14.4 Å². The summed E-state index contributed by atoms with van der Waals surface area (Å²) in [6.07, 6.45) is 3.51. The van der Waals surface area contributed by atoms with Gasteiger partial charge in [-0.1, -0.05) is 32.9 Å². The van der Waals surface area contributed by atoms with Gasteiger partial charge < -0.3 is 15.2 Å². The van der Waals surface area contributed by atoms with Gasteiger partial charge in [0.25, 0.3) is 0 Å². The second kappa shape index (κ2) is 8.79. The van der Waals surface area contributed by atoms with Gasteiger partial charge >= 0.3 is 0 Å². The van der Waals surface area contributed by atoms with E-state index in [4.69, 9.17) is 0 Å². The molecule has 0 aliphatic heterocycles. The van der Waals surface area contributed by atoms with E-state index in [2.05, 4.69) is 26.1 Å². The zero-order chi connectivity index (χ0) is 19.3. The second-order valence-corrected chi connectivity index (χ2v) is 7.34. The number of hydrogen-bond donors (Lipinski definition) is 1. The maximum absolute atomic E-state index is 12.7. The fraction of sp³-hybridized carbons (Fsp3) is 0.476. The Kier molecular flexibility index (Phi) is 6.72. The van der Waals surface area contributed by atoms with E-state index in [1.165, 1.54) is 0 Å². The van der Waals surface area contributed by atoms with Crippen LogP contribution in [0.25, 0.3) is 6.08 Å². The minimum atomic E-state index is -1.24. The van der Waals surface area contributed by atoms with Gasteiger partial charge in [-0.2, -0.15) is 0 Å². The molecule has 2 rings (SSSR count). The zero-order valence-corrected chi connectivity index (χ0v) is 15.6. The molecule has 1 fully saturated rings. The third-order valence-electron chi connectivity index (χ3n) is 4.94. The highest BCUT2D eigenvalue weighted by Crippen LogP contribution is 2.35. The third kappa shape index (κ3) is 5.28. The van der Waals surface area contributed by atoms with Crippen molar-refractivity contribution < 1.29 is 19.5 Å². The van der Waals surface area contributed by atoms with Crippen LogP contribution in [0.15, 0.2) is 29.8 Å². The topological polar surface area (TPSA) is 86.3 Å². The number of nitrogens with one attached hydrogen (secondary N) is 1. The first-order chi connectivity index (χ1) is 12.3. The zero-order valence-electron chi connectivity index (χ0n) is 15.6. The molecule has 140 valence electrons. The molecule has 1 aromatic rings. The minimum absolute atomic E-state index is 0.0970. The lowest BCUT2D eigenvalue weighted by molar-refractivity contribution is -0.305. The van der Waals surface area contributed by atoms with Gasteiger partial charge in [-0.3, -0.25) is 9.59 Å². The molecule has 0 bridgehead atoms. The maximum atomic E-state index is 12.7. The Hall–Kier alpha value is -2.43. The molecule has 5 nitrogen and oxygen atoms in total. The predicted molar refractivity (Wildman–Crippen MR) is 99.0 cm³/mol. The Morgan fingerprint density at radius 1 is 1.19 bits per heavy atom. The number of hydrogen-bond acceptors (Lipinski definition) is 4. The first-order valence-electron chi connectivity index (χ1n) is 9.13. The molecule has 1 aromatic carbocycles. The number of carbonyl (C=O) groups excluding carboxylic acids is 3. The van der Waals surface area contributed by atoms with E-state index in [0.29, 0.717) is 11.6 Å². The number of allylic oxidation sites excluding steroid dienone is 1. The number of carbonyl (C=O) groups is 3. The predicted octanol–water partition coefficient (Wildman–Crippen LogP) is 2.81. The fourth-order valence-electron chi connectivity index (χ4n) is 3.30. The van der Waals surface area contributed by atoms with Gasteiger partial charge in [0, 0.05) is 24.0 Å². The van der Waals surface area contributed by atoms with Crippen LogP contribution in [0.1, 0.15) is 52.0 Å². The summed E-state index contributed by atoms with van der Waals surface area (Å²) in [7, 11) is 0. The average Bonchev–Trinajstić information content (AvgIpc) is 2.58. The maximum Gasteiger partial charge on any atom is 0.224 e. The molecular weight excluding hydrogens is 330 g/mol. The number of ketones is 1. The van der Waals surface area contributed by atoms with Crippen LogP contribution in [0.5, 0.6) is 0 Å². The van der Waals surface area contributed by atoms with Gasteiger partial charge in [-0.05, 0) is 60.4 Å². The van der Waals surface area contributed by atoms with Gasteiger partial charge in [-0.15, -0.1) is 0 Å². The highest BCUT2D eigenvalue weighted by Gasteiger charge is 2.32. The van der Waals surface area contributed by atoms with Crippen molar-refractivity contribution in [3.05, 3.63) is 35.4 Å². The molecule has 0 aromatic heterocycles. The highest BCUT2D eigenvalue weighted by atomic mass is 16.4. The van der Waals surface area contributed by atoms with Crippen molar-refractivity contribution in [2.75, 3.05) is 5.32 Å². The van der Waals surface area contributed by atoms with E-state index in [0.717, 1.165) is 24.0 Å². The molecule has 1 aliphatic carbocycles. The van der Waals surface area contributed by atoms with Gasteiger partial charge in [-0.25, -0.2) is 0 Å². The van der Waals surface area contributed by atoms with Crippen molar-refractivity contribution in [3.63, 3.8) is 0 Å². The summed E-state index contributed by atoms with van der Waals surface area (Å²) >= 11 is 0. The molecule has 0 saturated heterocycles. The first kappa shape index (κ1) is 19.9. The van der Waals surface area contributed by atoms with Crippen molar-refractivity contribution in [1.29, 1.82) is 0 Å². The summed E-state index contributed by atoms with van der Waals surface area (Å²) in [6.45, 7) is 6.27. The SMILES string of the molecule is CC(C)[C@@H]1CC[C@H](C)C(=Cc2ccc(NC(=O)CCC(=O)[O-])cc2)C1=O. The lowest BCUT2D eigenvalue weighted by atomic mass is 9.73. The van der Waals surface area contributed by atoms with Crippen molar-refractivity contribution in [1.82, 2.24) is 0 Å². The number of anilines is 1. The molecule has 0 radical (unpaired) electrons. The molecule has 0 heterocycles. The number of Topliss-reactive ketones (excluding diaryl/α,β-unsaturated/α-hetero) is 1. The highest BCUT2D eigenvalue weighted by molar-refractivity contribution is 6.02. The average molecular weight is 356 g/mol. The summed E-state index contributed by atoms with van der Waals surface area (Å²) in [5.74, 6) is -0.666. The largest absolute Gasteiger partial charge is 0.550 e. The summed E-state index contributed by atoms with van der Waals surface area (Å²) in [5.41, 5.74) is 2.39. The standard InChI is InChI=1S/C21H27NO4/c1-13(2)17-9-4-14(3)18(21(17)26)12-15-5-7-16(8-6-15)22-19(23)10-11-20(24)25/h5-8,12-14,17H,4,9-11H2,1-3H3,(H,22,23)(H,24,25)/p-1/t14-,17-/m0/s1. The summed E-state index contributed by atoms with van der Waals surface area (Å²) in [6, 6.07) is 7.20. The number of aliphatic carboxylic acids is 1. The molecule has 5 heteroatoms. The monoisotopic (exact) mass is 356 g/mol. The van der Waals surface area contributed by atoms with E-state index >= 15 is 0 Å². The Balaban J connectivity index is 2.07. The summed E-state index contributed by atoms with van der Waals surface area (Å²) in [4.78, 5) is 34.8. The molecule has 0 unspecified atom stereocenters. The van der Waals surface area contributed by atoms with Crippen molar-refractivity contribution >= 4 is 29.4 Å².